The number of hydrogen-bond acceptors (Lipinski definition) is 2. The maximum Gasteiger partial charge on any atom is 0.327 e. The number of aromatic nitrogens is 2. The fourth-order valence-corrected chi connectivity index (χ4v) is 3.31. The minimum atomic E-state index is -0.0926. The number of rotatable bonds is 7. The van der Waals surface area contributed by atoms with Crippen molar-refractivity contribution in [3.05, 3.63) is 124 Å². The molecule has 0 amide bonds. The van der Waals surface area contributed by atoms with E-state index in [1.807, 2.05) is 72.9 Å². The molecular formula is C24H23N3O. The van der Waals surface area contributed by atoms with Crippen LogP contribution in [0.1, 0.15) is 16.7 Å². The number of H-pyrrole nitrogens is 1. The Morgan fingerprint density at radius 3 is 1.64 bits per heavy atom. The van der Waals surface area contributed by atoms with Crippen LogP contribution in [0.15, 0.2) is 102 Å². The number of hydrogen-bond donors (Lipinski definition) is 1. The zero-order valence-corrected chi connectivity index (χ0v) is 15.7. The zero-order chi connectivity index (χ0) is 19.2. The number of nitrogens with one attached hydrogen (secondary N) is 1. The van der Waals surface area contributed by atoms with E-state index in [1.165, 1.54) is 11.1 Å². The second kappa shape index (κ2) is 8.44. The first kappa shape index (κ1) is 17.9. The van der Waals surface area contributed by atoms with Gasteiger partial charge < -0.3 is 4.90 Å². The molecule has 0 aliphatic carbocycles. The summed E-state index contributed by atoms with van der Waals surface area (Å²) in [6, 6.07) is 30.7. The van der Waals surface area contributed by atoms with Gasteiger partial charge in [-0.2, -0.15) is 0 Å². The van der Waals surface area contributed by atoms with E-state index in [-0.39, 0.29) is 5.69 Å². The van der Waals surface area contributed by atoms with Crippen LogP contribution in [0.2, 0.25) is 0 Å². The predicted octanol–water partition coefficient (Wildman–Crippen LogP) is 4.43. The molecule has 4 nitrogen and oxygen atoms in total. The summed E-state index contributed by atoms with van der Waals surface area (Å²) in [6.45, 7) is 2.00. The van der Waals surface area contributed by atoms with Crippen molar-refractivity contribution < 1.29 is 0 Å². The van der Waals surface area contributed by atoms with E-state index in [0.717, 1.165) is 24.5 Å². The largest absolute Gasteiger partial charge is 0.348 e. The van der Waals surface area contributed by atoms with Gasteiger partial charge >= 0.3 is 5.69 Å². The van der Waals surface area contributed by atoms with Crippen LogP contribution in [0.3, 0.4) is 0 Å². The SMILES string of the molecule is O=c1[nH]c(N(Cc2ccccc2)Cc2ccccc2)cn1Cc1ccccc1. The van der Waals surface area contributed by atoms with Gasteiger partial charge in [-0.25, -0.2) is 4.79 Å². The maximum absolute atomic E-state index is 12.5. The molecule has 0 aliphatic rings. The lowest BCUT2D eigenvalue weighted by atomic mass is 10.1. The van der Waals surface area contributed by atoms with Crippen LogP contribution < -0.4 is 10.6 Å². The summed E-state index contributed by atoms with van der Waals surface area (Å²) in [5.41, 5.74) is 3.42. The second-order valence-corrected chi connectivity index (χ2v) is 6.89. The van der Waals surface area contributed by atoms with Gasteiger partial charge in [-0.1, -0.05) is 91.0 Å². The Morgan fingerprint density at radius 2 is 1.14 bits per heavy atom. The molecule has 1 heterocycles. The third-order valence-corrected chi connectivity index (χ3v) is 4.74. The third kappa shape index (κ3) is 4.41. The molecule has 140 valence electrons. The highest BCUT2D eigenvalue weighted by Crippen LogP contribution is 2.17. The van der Waals surface area contributed by atoms with E-state index in [9.17, 15) is 4.79 Å². The van der Waals surface area contributed by atoms with Crippen molar-refractivity contribution in [2.24, 2.45) is 0 Å². The zero-order valence-electron chi connectivity index (χ0n) is 15.7. The molecule has 0 atom stereocenters. The van der Waals surface area contributed by atoms with E-state index in [0.29, 0.717) is 6.54 Å². The van der Waals surface area contributed by atoms with Crippen molar-refractivity contribution in [2.45, 2.75) is 19.6 Å². The van der Waals surface area contributed by atoms with Crippen molar-refractivity contribution >= 4 is 5.82 Å². The molecule has 4 rings (SSSR count). The van der Waals surface area contributed by atoms with Crippen LogP contribution in [-0.2, 0) is 19.6 Å². The first-order valence-corrected chi connectivity index (χ1v) is 9.44. The highest BCUT2D eigenvalue weighted by molar-refractivity contribution is 5.39. The van der Waals surface area contributed by atoms with E-state index in [4.69, 9.17) is 0 Å². The van der Waals surface area contributed by atoms with Crippen molar-refractivity contribution in [3.63, 3.8) is 0 Å². The van der Waals surface area contributed by atoms with Crippen LogP contribution in [0.4, 0.5) is 5.82 Å². The van der Waals surface area contributed by atoms with Crippen molar-refractivity contribution in [1.82, 2.24) is 9.55 Å². The fourth-order valence-electron chi connectivity index (χ4n) is 3.31. The summed E-state index contributed by atoms with van der Waals surface area (Å²) in [6.07, 6.45) is 1.92. The predicted molar refractivity (Wildman–Crippen MR) is 113 cm³/mol. The van der Waals surface area contributed by atoms with Gasteiger partial charge in [0.1, 0.15) is 5.82 Å². The first-order chi connectivity index (χ1) is 13.8. The third-order valence-electron chi connectivity index (χ3n) is 4.74. The van der Waals surface area contributed by atoms with Crippen LogP contribution in [0, 0.1) is 0 Å². The van der Waals surface area contributed by atoms with Gasteiger partial charge in [-0.3, -0.25) is 9.55 Å². The Labute approximate surface area is 164 Å². The molecule has 0 aliphatic heterocycles. The Balaban J connectivity index is 1.62. The molecule has 0 spiro atoms. The topological polar surface area (TPSA) is 41.0 Å². The molecule has 28 heavy (non-hydrogen) atoms. The molecule has 0 radical (unpaired) electrons. The standard InChI is InChI=1S/C24H23N3O/c28-24-25-23(19-27(24)18-22-14-8-3-9-15-22)26(16-20-10-4-1-5-11-20)17-21-12-6-2-7-13-21/h1-15,19H,16-18H2,(H,25,28). The van der Waals surface area contributed by atoms with Crippen molar-refractivity contribution in [3.8, 4) is 0 Å². The molecule has 1 aromatic heterocycles. The van der Waals surface area contributed by atoms with Crippen LogP contribution in [0.25, 0.3) is 0 Å². The lowest BCUT2D eigenvalue weighted by Crippen LogP contribution is -2.23. The lowest BCUT2D eigenvalue weighted by Gasteiger charge is -2.23. The van der Waals surface area contributed by atoms with Gasteiger partial charge in [-0.15, -0.1) is 0 Å². The van der Waals surface area contributed by atoms with Gasteiger partial charge in [-0.05, 0) is 16.7 Å². The molecule has 4 heteroatoms. The molecule has 1 N–H and O–H groups in total. The quantitative estimate of drug-likeness (QED) is 0.523. The molecule has 0 saturated heterocycles. The number of benzene rings is 3. The summed E-state index contributed by atoms with van der Waals surface area (Å²) < 4.78 is 1.73. The Kier molecular flexibility index (Phi) is 5.38. The molecular weight excluding hydrogens is 346 g/mol. The van der Waals surface area contributed by atoms with Gasteiger partial charge in [0.2, 0.25) is 0 Å². The summed E-state index contributed by atoms with van der Waals surface area (Å²) >= 11 is 0. The maximum atomic E-state index is 12.5. The van der Waals surface area contributed by atoms with Gasteiger partial charge in [0, 0.05) is 19.3 Å². The number of aromatic amines is 1. The van der Waals surface area contributed by atoms with Crippen LogP contribution in [0.5, 0.6) is 0 Å². The minimum Gasteiger partial charge on any atom is -0.348 e. The van der Waals surface area contributed by atoms with Gasteiger partial charge in [0.15, 0.2) is 0 Å². The summed E-state index contributed by atoms with van der Waals surface area (Å²) in [4.78, 5) is 17.8. The average molecular weight is 369 g/mol. The van der Waals surface area contributed by atoms with Crippen molar-refractivity contribution in [2.75, 3.05) is 4.90 Å². The van der Waals surface area contributed by atoms with Crippen LogP contribution >= 0.6 is 0 Å². The normalized spacial score (nSPS) is 10.7. The van der Waals surface area contributed by atoms with E-state index >= 15 is 0 Å². The van der Waals surface area contributed by atoms with Crippen molar-refractivity contribution in [1.29, 1.82) is 0 Å². The number of nitrogens with zero attached hydrogens (tertiary/aromatic N) is 2. The smallest absolute Gasteiger partial charge is 0.327 e. The highest BCUT2D eigenvalue weighted by atomic mass is 16.1. The first-order valence-electron chi connectivity index (χ1n) is 9.44. The van der Waals surface area contributed by atoms with Crippen LogP contribution in [-0.4, -0.2) is 9.55 Å². The Morgan fingerprint density at radius 1 is 0.679 bits per heavy atom. The summed E-state index contributed by atoms with van der Waals surface area (Å²) in [5, 5.41) is 0. The van der Waals surface area contributed by atoms with Gasteiger partial charge in [0.05, 0.1) is 6.54 Å². The molecule has 4 aromatic rings. The number of imidazole rings is 1. The molecule has 3 aromatic carbocycles. The number of anilines is 1. The van der Waals surface area contributed by atoms with E-state index in [2.05, 4.69) is 34.1 Å². The molecule has 0 fully saturated rings. The lowest BCUT2D eigenvalue weighted by molar-refractivity contribution is 0.761. The Bertz CT molecular complexity index is 1010. The minimum absolute atomic E-state index is 0.0926. The summed E-state index contributed by atoms with van der Waals surface area (Å²) in [7, 11) is 0. The molecule has 0 saturated carbocycles. The monoisotopic (exact) mass is 369 g/mol. The molecule has 0 unspecified atom stereocenters. The highest BCUT2D eigenvalue weighted by Gasteiger charge is 2.13. The van der Waals surface area contributed by atoms with E-state index < -0.39 is 0 Å². The fraction of sp³-hybridized carbons (Fsp3) is 0.125. The Hall–Kier alpha value is -3.53. The summed E-state index contributed by atoms with van der Waals surface area (Å²) in [5.74, 6) is 0.827. The average Bonchev–Trinajstić information content (AvgIpc) is 3.10. The van der Waals surface area contributed by atoms with E-state index in [1.54, 1.807) is 4.57 Å². The molecule has 0 bridgehead atoms. The second-order valence-electron chi connectivity index (χ2n) is 6.89. The van der Waals surface area contributed by atoms with Gasteiger partial charge in [0.25, 0.3) is 0 Å².